The van der Waals surface area contributed by atoms with Crippen LogP contribution >= 0.6 is 23.4 Å². The van der Waals surface area contributed by atoms with E-state index in [-0.39, 0.29) is 16.5 Å². The largest absolute Gasteiger partial charge is 0.504 e. The van der Waals surface area contributed by atoms with Crippen LogP contribution in [0.25, 0.3) is 6.08 Å². The van der Waals surface area contributed by atoms with Crippen LogP contribution in [0.5, 0.6) is 11.5 Å². The molecule has 0 bridgehead atoms. The zero-order valence-corrected chi connectivity index (χ0v) is 9.40. The van der Waals surface area contributed by atoms with E-state index in [1.54, 1.807) is 17.8 Å². The third-order valence-corrected chi connectivity index (χ3v) is 3.32. The van der Waals surface area contributed by atoms with Crippen molar-refractivity contribution in [2.75, 3.05) is 12.4 Å². The van der Waals surface area contributed by atoms with Gasteiger partial charge in [0.15, 0.2) is 11.5 Å². The zero-order valence-electron chi connectivity index (χ0n) is 7.83. The highest BCUT2D eigenvalue weighted by molar-refractivity contribution is 8.03. The van der Waals surface area contributed by atoms with Gasteiger partial charge in [0.1, 0.15) is 0 Å². The standard InChI is InChI=1S/C10H10ClNO2S/c11-8-2-6(3-9(13)10(8)14)1-7-4-12-5-15-7/h1-3,12-14H,4-5H2. The quantitative estimate of drug-likeness (QED) is 0.663. The first kappa shape index (κ1) is 10.7. The summed E-state index contributed by atoms with van der Waals surface area (Å²) in [6, 6.07) is 3.12. The first-order valence-corrected chi connectivity index (χ1v) is 5.79. The van der Waals surface area contributed by atoms with Crippen LogP contribution in [0, 0.1) is 0 Å². The molecule has 3 N–H and O–H groups in total. The van der Waals surface area contributed by atoms with Crippen LogP contribution in [-0.4, -0.2) is 22.6 Å². The number of rotatable bonds is 1. The van der Waals surface area contributed by atoms with E-state index in [0.717, 1.165) is 18.0 Å². The number of phenolic OH excluding ortho intramolecular Hbond substituents is 2. The molecule has 0 atom stereocenters. The van der Waals surface area contributed by atoms with Gasteiger partial charge in [0.2, 0.25) is 0 Å². The lowest BCUT2D eigenvalue weighted by Gasteiger charge is -2.02. The van der Waals surface area contributed by atoms with E-state index in [0.29, 0.717) is 0 Å². The molecule has 0 amide bonds. The topological polar surface area (TPSA) is 52.5 Å². The molecule has 1 aliphatic rings. The molecule has 0 aromatic heterocycles. The van der Waals surface area contributed by atoms with Gasteiger partial charge in [0.25, 0.3) is 0 Å². The minimum atomic E-state index is -0.268. The number of phenols is 2. The molecule has 1 fully saturated rings. The van der Waals surface area contributed by atoms with Gasteiger partial charge in [-0.3, -0.25) is 0 Å². The second-order valence-electron chi connectivity index (χ2n) is 3.20. The summed E-state index contributed by atoms with van der Waals surface area (Å²) in [4.78, 5) is 1.19. The van der Waals surface area contributed by atoms with Crippen LogP contribution in [0.15, 0.2) is 17.0 Å². The lowest BCUT2D eigenvalue weighted by atomic mass is 10.2. The molecule has 1 heterocycles. The molecule has 1 aromatic carbocycles. The summed E-state index contributed by atoms with van der Waals surface area (Å²) < 4.78 is 0. The highest BCUT2D eigenvalue weighted by Crippen LogP contribution is 2.35. The van der Waals surface area contributed by atoms with E-state index in [1.165, 1.54) is 11.0 Å². The van der Waals surface area contributed by atoms with Gasteiger partial charge in [-0.2, -0.15) is 0 Å². The summed E-state index contributed by atoms with van der Waals surface area (Å²) in [6.07, 6.45) is 1.94. The maximum atomic E-state index is 9.37. The van der Waals surface area contributed by atoms with E-state index in [9.17, 15) is 10.2 Å². The summed E-state index contributed by atoms with van der Waals surface area (Å²) in [5, 5.41) is 22.0. The van der Waals surface area contributed by atoms with Crippen molar-refractivity contribution in [3.63, 3.8) is 0 Å². The van der Waals surface area contributed by atoms with Crippen molar-refractivity contribution in [1.82, 2.24) is 5.32 Å². The van der Waals surface area contributed by atoms with E-state index >= 15 is 0 Å². The van der Waals surface area contributed by atoms with Gasteiger partial charge in [-0.25, -0.2) is 0 Å². The number of hydrogen-bond donors (Lipinski definition) is 3. The Kier molecular flexibility index (Phi) is 3.09. The number of nitrogens with one attached hydrogen (secondary N) is 1. The van der Waals surface area contributed by atoms with E-state index in [2.05, 4.69) is 5.32 Å². The number of aromatic hydroxyl groups is 2. The molecule has 3 nitrogen and oxygen atoms in total. The van der Waals surface area contributed by atoms with E-state index < -0.39 is 0 Å². The van der Waals surface area contributed by atoms with Crippen LogP contribution in [0.2, 0.25) is 5.02 Å². The second kappa shape index (κ2) is 4.35. The molecule has 0 unspecified atom stereocenters. The second-order valence-corrected chi connectivity index (χ2v) is 4.71. The molecule has 80 valence electrons. The number of halogens is 1. The van der Waals surface area contributed by atoms with E-state index in [1.807, 2.05) is 6.08 Å². The average molecular weight is 244 g/mol. The van der Waals surface area contributed by atoms with Crippen molar-refractivity contribution in [2.45, 2.75) is 0 Å². The van der Waals surface area contributed by atoms with Crippen molar-refractivity contribution in [3.8, 4) is 11.5 Å². The summed E-state index contributed by atoms with van der Waals surface area (Å²) >= 11 is 7.46. The minimum absolute atomic E-state index is 0.165. The van der Waals surface area contributed by atoms with Crippen LogP contribution in [0.4, 0.5) is 0 Å². The van der Waals surface area contributed by atoms with Crippen LogP contribution in [0.3, 0.4) is 0 Å². The zero-order chi connectivity index (χ0) is 10.8. The summed E-state index contributed by atoms with van der Waals surface area (Å²) in [5.74, 6) is 0.449. The normalized spacial score (nSPS) is 18.6. The van der Waals surface area contributed by atoms with Gasteiger partial charge in [-0.1, -0.05) is 11.6 Å². The van der Waals surface area contributed by atoms with Crippen molar-refractivity contribution in [1.29, 1.82) is 0 Å². The maximum absolute atomic E-state index is 9.37. The molecule has 5 heteroatoms. The van der Waals surface area contributed by atoms with Gasteiger partial charge >= 0.3 is 0 Å². The number of benzene rings is 1. The van der Waals surface area contributed by atoms with Crippen molar-refractivity contribution in [3.05, 3.63) is 27.6 Å². The Labute approximate surface area is 96.8 Å². The molecule has 1 aliphatic heterocycles. The van der Waals surface area contributed by atoms with Gasteiger partial charge in [-0.05, 0) is 23.8 Å². The van der Waals surface area contributed by atoms with E-state index in [4.69, 9.17) is 11.6 Å². The first-order chi connectivity index (χ1) is 7.16. The molecule has 0 aliphatic carbocycles. The average Bonchev–Trinajstić information content (AvgIpc) is 2.66. The fraction of sp³-hybridized carbons (Fsp3) is 0.200. The third kappa shape index (κ3) is 2.40. The van der Waals surface area contributed by atoms with Crippen molar-refractivity contribution >= 4 is 29.4 Å². The molecule has 0 spiro atoms. The Morgan fingerprint density at radius 3 is 2.80 bits per heavy atom. The van der Waals surface area contributed by atoms with Gasteiger partial charge in [0.05, 0.1) is 5.02 Å². The van der Waals surface area contributed by atoms with Crippen LogP contribution in [-0.2, 0) is 0 Å². The monoisotopic (exact) mass is 243 g/mol. The Morgan fingerprint density at radius 1 is 1.40 bits per heavy atom. The Hall–Kier alpha value is -0.840. The molecule has 15 heavy (non-hydrogen) atoms. The number of thioether (sulfide) groups is 1. The Balaban J connectivity index is 2.33. The lowest BCUT2D eigenvalue weighted by Crippen LogP contribution is -2.04. The first-order valence-electron chi connectivity index (χ1n) is 4.42. The van der Waals surface area contributed by atoms with Crippen LogP contribution in [0.1, 0.15) is 5.56 Å². The number of hydrogen-bond acceptors (Lipinski definition) is 4. The third-order valence-electron chi connectivity index (χ3n) is 2.05. The molecule has 2 rings (SSSR count). The van der Waals surface area contributed by atoms with Crippen molar-refractivity contribution in [2.24, 2.45) is 0 Å². The predicted molar refractivity (Wildman–Crippen MR) is 63.2 cm³/mol. The Morgan fingerprint density at radius 2 is 2.20 bits per heavy atom. The molecular formula is C10H10ClNO2S. The molecule has 1 saturated heterocycles. The van der Waals surface area contributed by atoms with Crippen LogP contribution < -0.4 is 5.32 Å². The SMILES string of the molecule is Oc1cc(C=C2CNCS2)cc(Cl)c1O. The van der Waals surface area contributed by atoms with Gasteiger partial charge in [-0.15, -0.1) is 11.8 Å². The van der Waals surface area contributed by atoms with Gasteiger partial charge < -0.3 is 15.5 Å². The minimum Gasteiger partial charge on any atom is -0.504 e. The molecular weight excluding hydrogens is 234 g/mol. The Bertz CT molecular complexity index is 389. The fourth-order valence-electron chi connectivity index (χ4n) is 1.34. The smallest absolute Gasteiger partial charge is 0.176 e. The fourth-order valence-corrected chi connectivity index (χ4v) is 2.37. The maximum Gasteiger partial charge on any atom is 0.176 e. The summed E-state index contributed by atoms with van der Waals surface area (Å²) in [6.45, 7) is 0.837. The highest BCUT2D eigenvalue weighted by Gasteiger charge is 2.09. The predicted octanol–water partition coefficient (Wildman–Crippen LogP) is 2.39. The summed E-state index contributed by atoms with van der Waals surface area (Å²) in [7, 11) is 0. The molecule has 0 saturated carbocycles. The van der Waals surface area contributed by atoms with Gasteiger partial charge in [0, 0.05) is 17.3 Å². The lowest BCUT2D eigenvalue weighted by molar-refractivity contribution is 0.404. The summed E-state index contributed by atoms with van der Waals surface area (Å²) in [5.41, 5.74) is 0.793. The molecule has 1 aromatic rings. The van der Waals surface area contributed by atoms with Crippen molar-refractivity contribution < 1.29 is 10.2 Å². The molecule has 0 radical (unpaired) electrons. The highest BCUT2D eigenvalue weighted by atomic mass is 35.5.